The predicted molar refractivity (Wildman–Crippen MR) is 42.2 cm³/mol. The van der Waals surface area contributed by atoms with Gasteiger partial charge >= 0.3 is 5.97 Å². The van der Waals surface area contributed by atoms with Gasteiger partial charge in [-0.25, -0.2) is 0 Å². The zero-order valence-corrected chi connectivity index (χ0v) is 7.09. The Kier molecular flexibility index (Phi) is 2.88. The van der Waals surface area contributed by atoms with Gasteiger partial charge in [0.2, 0.25) is 0 Å². The van der Waals surface area contributed by atoms with E-state index in [0.29, 0.717) is 5.92 Å². The second kappa shape index (κ2) is 3.72. The van der Waals surface area contributed by atoms with Crippen LogP contribution in [0.4, 0.5) is 0 Å². The molecule has 1 rings (SSSR count). The van der Waals surface area contributed by atoms with Crippen molar-refractivity contribution in [3.63, 3.8) is 0 Å². The molecule has 0 saturated carbocycles. The van der Waals surface area contributed by atoms with Gasteiger partial charge < -0.3 is 10.1 Å². The zero-order chi connectivity index (χ0) is 8.27. The van der Waals surface area contributed by atoms with Gasteiger partial charge in [-0.15, -0.1) is 0 Å². The van der Waals surface area contributed by atoms with Gasteiger partial charge in [-0.3, -0.25) is 4.79 Å². The van der Waals surface area contributed by atoms with Crippen LogP contribution >= 0.6 is 0 Å². The Morgan fingerprint density at radius 2 is 2.36 bits per heavy atom. The molecule has 0 unspecified atom stereocenters. The predicted octanol–water partition coefficient (Wildman–Crippen LogP) is 0.405. The summed E-state index contributed by atoms with van der Waals surface area (Å²) >= 11 is 0. The van der Waals surface area contributed by atoms with Gasteiger partial charge in [-0.2, -0.15) is 0 Å². The van der Waals surface area contributed by atoms with E-state index in [0.717, 1.165) is 19.5 Å². The number of carbonyl (C=O) groups excluding carboxylic acids is 1. The maximum atomic E-state index is 11.1. The Bertz CT molecular complexity index is 147. The van der Waals surface area contributed by atoms with Crippen molar-refractivity contribution < 1.29 is 9.53 Å². The first-order valence-electron chi connectivity index (χ1n) is 4.04. The summed E-state index contributed by atoms with van der Waals surface area (Å²) in [7, 11) is 1.45. The molecule has 3 heteroatoms. The van der Waals surface area contributed by atoms with E-state index in [1.54, 1.807) is 0 Å². The van der Waals surface area contributed by atoms with Crippen LogP contribution in [0.3, 0.4) is 0 Å². The molecular formula is C8H15NO2. The molecule has 0 bridgehead atoms. The van der Waals surface area contributed by atoms with Crippen LogP contribution in [0.2, 0.25) is 0 Å². The molecule has 0 aromatic carbocycles. The topological polar surface area (TPSA) is 38.3 Å². The molecule has 0 radical (unpaired) electrons. The summed E-state index contributed by atoms with van der Waals surface area (Å²) in [5.74, 6) is 0.446. The number of ether oxygens (including phenoxy) is 1. The number of nitrogens with one attached hydrogen (secondary N) is 1. The zero-order valence-electron chi connectivity index (χ0n) is 7.09. The van der Waals surface area contributed by atoms with E-state index in [-0.39, 0.29) is 11.9 Å². The summed E-state index contributed by atoms with van der Waals surface area (Å²) < 4.78 is 4.68. The lowest BCUT2D eigenvalue weighted by Crippen LogP contribution is -2.40. The molecule has 0 aromatic heterocycles. The van der Waals surface area contributed by atoms with Crippen molar-refractivity contribution >= 4 is 5.97 Å². The second-order valence-corrected chi connectivity index (χ2v) is 3.10. The molecular weight excluding hydrogens is 142 g/mol. The highest BCUT2D eigenvalue weighted by Gasteiger charge is 2.27. The van der Waals surface area contributed by atoms with Crippen molar-refractivity contribution in [2.24, 2.45) is 11.8 Å². The van der Waals surface area contributed by atoms with Gasteiger partial charge in [-0.1, -0.05) is 6.92 Å². The van der Waals surface area contributed by atoms with Crippen molar-refractivity contribution in [1.82, 2.24) is 5.32 Å². The lowest BCUT2D eigenvalue weighted by molar-refractivity contribution is -0.147. The van der Waals surface area contributed by atoms with Crippen LogP contribution in [0.15, 0.2) is 0 Å². The average Bonchev–Trinajstić information content (AvgIpc) is 2.04. The maximum Gasteiger partial charge on any atom is 0.310 e. The molecule has 2 atom stereocenters. The summed E-state index contributed by atoms with van der Waals surface area (Å²) in [5.41, 5.74) is 0. The van der Waals surface area contributed by atoms with Gasteiger partial charge in [0.15, 0.2) is 0 Å². The molecule has 1 heterocycles. The molecule has 1 N–H and O–H groups in total. The molecule has 64 valence electrons. The van der Waals surface area contributed by atoms with Gasteiger partial charge in [0, 0.05) is 6.54 Å². The van der Waals surface area contributed by atoms with E-state index in [9.17, 15) is 4.79 Å². The SMILES string of the molecule is COC(=O)[C@H]1CNCC[C@@H]1C. The van der Waals surface area contributed by atoms with E-state index in [4.69, 9.17) is 0 Å². The highest BCUT2D eigenvalue weighted by molar-refractivity contribution is 5.73. The normalized spacial score (nSPS) is 31.5. The lowest BCUT2D eigenvalue weighted by Gasteiger charge is -2.26. The fourth-order valence-electron chi connectivity index (χ4n) is 1.46. The molecule has 1 aliphatic rings. The van der Waals surface area contributed by atoms with Crippen LogP contribution in [-0.2, 0) is 9.53 Å². The number of hydrogen-bond acceptors (Lipinski definition) is 3. The Balaban J connectivity index is 2.47. The first-order chi connectivity index (χ1) is 5.25. The molecule has 3 nitrogen and oxygen atoms in total. The van der Waals surface area contributed by atoms with Crippen LogP contribution in [0.25, 0.3) is 0 Å². The van der Waals surface area contributed by atoms with Crippen LogP contribution in [0.5, 0.6) is 0 Å². The fourth-order valence-corrected chi connectivity index (χ4v) is 1.46. The number of rotatable bonds is 1. The summed E-state index contributed by atoms with van der Waals surface area (Å²) in [4.78, 5) is 11.1. The summed E-state index contributed by atoms with van der Waals surface area (Å²) in [6, 6.07) is 0. The highest BCUT2D eigenvalue weighted by atomic mass is 16.5. The van der Waals surface area contributed by atoms with Crippen molar-refractivity contribution in [3.8, 4) is 0 Å². The quantitative estimate of drug-likeness (QED) is 0.560. The minimum Gasteiger partial charge on any atom is -0.469 e. The number of methoxy groups -OCH3 is 1. The van der Waals surface area contributed by atoms with Gasteiger partial charge in [0.25, 0.3) is 0 Å². The van der Waals surface area contributed by atoms with Gasteiger partial charge in [0.1, 0.15) is 0 Å². The molecule has 11 heavy (non-hydrogen) atoms. The first-order valence-corrected chi connectivity index (χ1v) is 4.04. The van der Waals surface area contributed by atoms with Crippen LogP contribution in [-0.4, -0.2) is 26.2 Å². The summed E-state index contributed by atoms with van der Waals surface area (Å²) in [5, 5.41) is 3.18. The molecule has 0 aliphatic carbocycles. The highest BCUT2D eigenvalue weighted by Crippen LogP contribution is 2.18. The van der Waals surface area contributed by atoms with Crippen molar-refractivity contribution in [1.29, 1.82) is 0 Å². The number of carbonyl (C=O) groups is 1. The third-order valence-electron chi connectivity index (χ3n) is 2.33. The number of hydrogen-bond donors (Lipinski definition) is 1. The number of esters is 1. The monoisotopic (exact) mass is 157 g/mol. The smallest absolute Gasteiger partial charge is 0.310 e. The number of piperidine rings is 1. The largest absolute Gasteiger partial charge is 0.469 e. The maximum absolute atomic E-state index is 11.1. The summed E-state index contributed by atoms with van der Waals surface area (Å²) in [6.45, 7) is 3.89. The van der Waals surface area contributed by atoms with Crippen LogP contribution < -0.4 is 5.32 Å². The first kappa shape index (κ1) is 8.53. The molecule has 0 spiro atoms. The molecule has 0 amide bonds. The van der Waals surface area contributed by atoms with E-state index in [1.165, 1.54) is 7.11 Å². The van der Waals surface area contributed by atoms with Crippen LogP contribution in [0.1, 0.15) is 13.3 Å². The van der Waals surface area contributed by atoms with E-state index >= 15 is 0 Å². The van der Waals surface area contributed by atoms with E-state index in [1.807, 2.05) is 0 Å². The fraction of sp³-hybridized carbons (Fsp3) is 0.875. The molecule has 1 fully saturated rings. The minimum absolute atomic E-state index is 0.0637. The van der Waals surface area contributed by atoms with Crippen molar-refractivity contribution in [3.05, 3.63) is 0 Å². The Labute approximate surface area is 67.1 Å². The second-order valence-electron chi connectivity index (χ2n) is 3.10. The minimum atomic E-state index is -0.0790. The molecule has 0 aromatic rings. The Morgan fingerprint density at radius 1 is 1.64 bits per heavy atom. The third kappa shape index (κ3) is 1.93. The van der Waals surface area contributed by atoms with E-state index < -0.39 is 0 Å². The molecule has 1 aliphatic heterocycles. The Morgan fingerprint density at radius 3 is 2.91 bits per heavy atom. The van der Waals surface area contributed by atoms with E-state index in [2.05, 4.69) is 17.0 Å². The average molecular weight is 157 g/mol. The third-order valence-corrected chi connectivity index (χ3v) is 2.33. The summed E-state index contributed by atoms with van der Waals surface area (Å²) in [6.07, 6.45) is 1.07. The van der Waals surface area contributed by atoms with Crippen LogP contribution in [0, 0.1) is 11.8 Å². The molecule has 1 saturated heterocycles. The van der Waals surface area contributed by atoms with Crippen molar-refractivity contribution in [2.75, 3.05) is 20.2 Å². The van der Waals surface area contributed by atoms with Gasteiger partial charge in [0.05, 0.1) is 13.0 Å². The van der Waals surface area contributed by atoms with Crippen molar-refractivity contribution in [2.45, 2.75) is 13.3 Å². The lowest BCUT2D eigenvalue weighted by atomic mass is 9.88. The Hall–Kier alpha value is -0.570. The standard InChI is InChI=1S/C8H15NO2/c1-6-3-4-9-5-7(6)8(10)11-2/h6-7,9H,3-5H2,1-2H3/t6-,7-/m0/s1. The van der Waals surface area contributed by atoms with Gasteiger partial charge in [-0.05, 0) is 18.9 Å².